The average Bonchev–Trinajstić information content (AvgIpc) is 2.83. The first-order chi connectivity index (χ1) is 17.2. The van der Waals surface area contributed by atoms with E-state index in [0.29, 0.717) is 36.3 Å². The number of nitrogens with zero attached hydrogens (tertiary/aromatic N) is 2. The fourth-order valence-corrected chi connectivity index (χ4v) is 3.10. The van der Waals surface area contributed by atoms with Gasteiger partial charge in [-0.15, -0.1) is 0 Å². The molecule has 0 aliphatic rings. The molecule has 192 valence electrons. The Morgan fingerprint density at radius 3 is 2.39 bits per heavy atom. The second-order valence-corrected chi connectivity index (χ2v) is 7.64. The van der Waals surface area contributed by atoms with Crippen LogP contribution in [0.5, 0.6) is 11.6 Å². The number of aromatic nitrogens is 2. The van der Waals surface area contributed by atoms with Crippen molar-refractivity contribution < 1.29 is 27.4 Å². The van der Waals surface area contributed by atoms with Gasteiger partial charge in [-0.05, 0) is 48.9 Å². The van der Waals surface area contributed by atoms with Crippen molar-refractivity contribution in [1.29, 1.82) is 0 Å². The molecule has 36 heavy (non-hydrogen) atoms. The van der Waals surface area contributed by atoms with Gasteiger partial charge in [0.1, 0.15) is 17.9 Å². The van der Waals surface area contributed by atoms with Crippen LogP contribution in [0.25, 0.3) is 0 Å². The van der Waals surface area contributed by atoms with Gasteiger partial charge in [-0.1, -0.05) is 6.07 Å². The number of benzene rings is 2. The molecule has 0 aliphatic carbocycles. The molecule has 2 amide bonds. The van der Waals surface area contributed by atoms with Crippen molar-refractivity contribution in [3.63, 3.8) is 0 Å². The van der Waals surface area contributed by atoms with Gasteiger partial charge in [-0.25, -0.2) is 14.8 Å². The molecule has 0 saturated heterocycles. The number of methoxy groups -OCH3 is 1. The molecule has 0 radical (unpaired) electrons. The number of anilines is 3. The largest absolute Gasteiger partial charge is 0.439 e. The van der Waals surface area contributed by atoms with E-state index in [4.69, 9.17) is 9.47 Å². The van der Waals surface area contributed by atoms with E-state index >= 15 is 0 Å². The smallest absolute Gasteiger partial charge is 0.416 e. The Morgan fingerprint density at radius 1 is 0.944 bits per heavy atom. The van der Waals surface area contributed by atoms with Gasteiger partial charge in [0.25, 0.3) is 0 Å². The quantitative estimate of drug-likeness (QED) is 0.275. The van der Waals surface area contributed by atoms with E-state index in [9.17, 15) is 18.0 Å². The van der Waals surface area contributed by atoms with E-state index in [1.54, 1.807) is 37.4 Å². The SMILES string of the molecule is COCCNCCNc1cc(Oc2ccc(NC(=O)Nc3ccc(C)c(C(F)(F)F)c3)cc2)ncn1. The fraction of sp³-hybridized carbons (Fsp3) is 0.292. The molecule has 3 aromatic rings. The number of hydrogen-bond acceptors (Lipinski definition) is 7. The Labute approximate surface area is 206 Å². The van der Waals surface area contributed by atoms with Gasteiger partial charge in [-0.3, -0.25) is 0 Å². The number of aryl methyl sites for hydroxylation is 1. The summed E-state index contributed by atoms with van der Waals surface area (Å²) in [5.41, 5.74) is -0.271. The van der Waals surface area contributed by atoms with Crippen molar-refractivity contribution >= 4 is 23.2 Å². The van der Waals surface area contributed by atoms with Crippen molar-refractivity contribution in [2.24, 2.45) is 0 Å². The molecule has 1 aromatic heterocycles. The third kappa shape index (κ3) is 8.40. The van der Waals surface area contributed by atoms with Crippen LogP contribution in [0.1, 0.15) is 11.1 Å². The first-order valence-corrected chi connectivity index (χ1v) is 11.0. The lowest BCUT2D eigenvalue weighted by molar-refractivity contribution is -0.138. The summed E-state index contributed by atoms with van der Waals surface area (Å²) in [7, 11) is 1.65. The molecule has 2 aromatic carbocycles. The summed E-state index contributed by atoms with van der Waals surface area (Å²) < 4.78 is 49.9. The number of rotatable bonds is 11. The Morgan fingerprint density at radius 2 is 1.67 bits per heavy atom. The summed E-state index contributed by atoms with van der Waals surface area (Å²) in [5, 5.41) is 11.3. The second-order valence-electron chi connectivity index (χ2n) is 7.64. The van der Waals surface area contributed by atoms with Crippen molar-refractivity contribution in [1.82, 2.24) is 15.3 Å². The molecule has 9 nitrogen and oxygen atoms in total. The van der Waals surface area contributed by atoms with Crippen LogP contribution in [-0.2, 0) is 10.9 Å². The molecule has 1 heterocycles. The van der Waals surface area contributed by atoms with Gasteiger partial charge in [0.2, 0.25) is 5.88 Å². The molecule has 12 heteroatoms. The zero-order valence-corrected chi connectivity index (χ0v) is 19.8. The minimum atomic E-state index is -4.50. The van der Waals surface area contributed by atoms with Gasteiger partial charge in [0, 0.05) is 44.2 Å². The summed E-state index contributed by atoms with van der Waals surface area (Å²) >= 11 is 0. The number of alkyl halides is 3. The Hall–Kier alpha value is -3.90. The Kier molecular flexibility index (Phi) is 9.42. The average molecular weight is 505 g/mol. The van der Waals surface area contributed by atoms with E-state index in [0.717, 1.165) is 19.2 Å². The number of ether oxygens (including phenoxy) is 2. The van der Waals surface area contributed by atoms with Crippen LogP contribution >= 0.6 is 0 Å². The van der Waals surface area contributed by atoms with E-state index < -0.39 is 17.8 Å². The lowest BCUT2D eigenvalue weighted by Crippen LogP contribution is -2.25. The van der Waals surface area contributed by atoms with Crippen LogP contribution in [0, 0.1) is 6.92 Å². The second kappa shape index (κ2) is 12.7. The lowest BCUT2D eigenvalue weighted by atomic mass is 10.1. The number of halogens is 3. The van der Waals surface area contributed by atoms with Crippen LogP contribution in [0.2, 0.25) is 0 Å². The summed E-state index contributed by atoms with van der Waals surface area (Å²) in [5.74, 6) is 1.41. The monoisotopic (exact) mass is 504 g/mol. The number of amides is 2. The van der Waals surface area contributed by atoms with Crippen LogP contribution in [-0.4, -0.2) is 49.4 Å². The molecule has 3 rings (SSSR count). The van der Waals surface area contributed by atoms with E-state index in [-0.39, 0.29) is 11.3 Å². The maximum Gasteiger partial charge on any atom is 0.416 e. The highest BCUT2D eigenvalue weighted by atomic mass is 19.4. The van der Waals surface area contributed by atoms with Crippen molar-refractivity contribution in [2.75, 3.05) is 49.3 Å². The highest BCUT2D eigenvalue weighted by molar-refractivity contribution is 5.99. The minimum Gasteiger partial charge on any atom is -0.439 e. The maximum atomic E-state index is 13.1. The predicted molar refractivity (Wildman–Crippen MR) is 131 cm³/mol. The highest BCUT2D eigenvalue weighted by Crippen LogP contribution is 2.33. The van der Waals surface area contributed by atoms with Gasteiger partial charge in [0.05, 0.1) is 12.2 Å². The lowest BCUT2D eigenvalue weighted by Gasteiger charge is -2.13. The number of carbonyl (C=O) groups excluding carboxylic acids is 1. The standard InChI is InChI=1S/C24H27F3N6O3/c1-16-3-4-18(13-20(16)24(25,26)27)33-23(34)32-17-5-7-19(8-6-17)36-22-14-21(30-15-31-22)29-10-9-28-11-12-35-2/h3-8,13-15,28H,9-12H2,1-2H3,(H,29,30,31)(H2,32,33,34). The molecule has 0 unspecified atom stereocenters. The molecule has 0 saturated carbocycles. The third-order valence-electron chi connectivity index (χ3n) is 4.87. The number of hydrogen-bond donors (Lipinski definition) is 4. The topological polar surface area (TPSA) is 109 Å². The molecule has 0 atom stereocenters. The zero-order chi connectivity index (χ0) is 26.0. The van der Waals surface area contributed by atoms with Crippen molar-refractivity contribution in [3.05, 3.63) is 66.0 Å². The van der Waals surface area contributed by atoms with Gasteiger partial charge in [-0.2, -0.15) is 13.2 Å². The molecular weight excluding hydrogens is 477 g/mol. The van der Waals surface area contributed by atoms with Crippen LogP contribution < -0.4 is 26.0 Å². The molecular formula is C24H27F3N6O3. The maximum absolute atomic E-state index is 13.1. The van der Waals surface area contributed by atoms with E-state index in [1.807, 2.05) is 0 Å². The molecule has 0 aliphatic heterocycles. The van der Waals surface area contributed by atoms with E-state index in [1.165, 1.54) is 25.4 Å². The Balaban J connectivity index is 1.51. The zero-order valence-electron chi connectivity index (χ0n) is 19.8. The Bertz CT molecular complexity index is 1140. The van der Waals surface area contributed by atoms with Crippen LogP contribution in [0.15, 0.2) is 54.9 Å². The van der Waals surface area contributed by atoms with Crippen LogP contribution in [0.3, 0.4) is 0 Å². The minimum absolute atomic E-state index is 0.0318. The molecule has 4 N–H and O–H groups in total. The van der Waals surface area contributed by atoms with Crippen molar-refractivity contribution in [3.8, 4) is 11.6 Å². The van der Waals surface area contributed by atoms with Gasteiger partial charge < -0.3 is 30.7 Å². The highest BCUT2D eigenvalue weighted by Gasteiger charge is 2.32. The number of carbonyl (C=O) groups is 1. The van der Waals surface area contributed by atoms with Crippen LogP contribution in [0.4, 0.5) is 35.2 Å². The molecule has 0 bridgehead atoms. The number of nitrogens with one attached hydrogen (secondary N) is 4. The summed E-state index contributed by atoms with van der Waals surface area (Å²) in [6.07, 6.45) is -3.12. The van der Waals surface area contributed by atoms with Crippen molar-refractivity contribution in [2.45, 2.75) is 13.1 Å². The predicted octanol–water partition coefficient (Wildman–Crippen LogP) is 4.89. The summed E-state index contributed by atoms with van der Waals surface area (Å²) in [6.45, 7) is 4.15. The molecule has 0 fully saturated rings. The summed E-state index contributed by atoms with van der Waals surface area (Å²) in [4.78, 5) is 20.5. The number of urea groups is 1. The first kappa shape index (κ1) is 26.7. The summed E-state index contributed by atoms with van der Waals surface area (Å²) in [6, 6.07) is 11.0. The normalized spacial score (nSPS) is 11.1. The third-order valence-corrected chi connectivity index (χ3v) is 4.87. The fourth-order valence-electron chi connectivity index (χ4n) is 3.10. The van der Waals surface area contributed by atoms with Gasteiger partial charge >= 0.3 is 12.2 Å². The molecule has 0 spiro atoms. The van der Waals surface area contributed by atoms with E-state index in [2.05, 4.69) is 31.2 Å². The van der Waals surface area contributed by atoms with Gasteiger partial charge in [0.15, 0.2) is 0 Å². The first-order valence-electron chi connectivity index (χ1n) is 11.0.